The predicted octanol–water partition coefficient (Wildman–Crippen LogP) is 1.98. The molecule has 4 rings (SSSR count). The van der Waals surface area contributed by atoms with Crippen LogP contribution in [0.5, 0.6) is 11.5 Å². The van der Waals surface area contributed by atoms with Crippen molar-refractivity contribution in [2.75, 3.05) is 38.3 Å². The number of aromatic nitrogens is 2. The van der Waals surface area contributed by atoms with E-state index in [-0.39, 0.29) is 18.7 Å². The number of nitrogens with one attached hydrogen (secondary N) is 1. The molecule has 0 bridgehead atoms. The third kappa shape index (κ3) is 4.17. The molecule has 1 fully saturated rings. The lowest BCUT2D eigenvalue weighted by Gasteiger charge is -2.34. The molecule has 1 saturated heterocycles. The van der Waals surface area contributed by atoms with Gasteiger partial charge in [-0.2, -0.15) is 0 Å². The lowest BCUT2D eigenvalue weighted by Crippen LogP contribution is -2.48. The molecular weight excluding hydrogens is 358 g/mol. The van der Waals surface area contributed by atoms with Gasteiger partial charge in [-0.25, -0.2) is 9.97 Å². The molecular formula is C20H25N5O3. The van der Waals surface area contributed by atoms with E-state index in [4.69, 9.17) is 9.47 Å². The molecule has 0 atom stereocenters. The number of carbonyl (C=O) groups is 1. The van der Waals surface area contributed by atoms with Gasteiger partial charge in [0.1, 0.15) is 17.8 Å². The number of anilines is 1. The van der Waals surface area contributed by atoms with Gasteiger partial charge in [0.25, 0.3) is 5.91 Å². The Balaban J connectivity index is 1.33. The maximum atomic E-state index is 12.8. The van der Waals surface area contributed by atoms with Gasteiger partial charge in [0.15, 0.2) is 11.5 Å². The summed E-state index contributed by atoms with van der Waals surface area (Å²) in [5.74, 6) is 2.24. The zero-order valence-electron chi connectivity index (χ0n) is 16.2. The van der Waals surface area contributed by atoms with Crippen LogP contribution in [0.15, 0.2) is 30.6 Å². The van der Waals surface area contributed by atoms with Crippen molar-refractivity contribution >= 4 is 11.7 Å². The number of benzene rings is 1. The van der Waals surface area contributed by atoms with Crippen LogP contribution in [0, 0.1) is 0 Å². The Morgan fingerprint density at radius 3 is 2.68 bits per heavy atom. The topological polar surface area (TPSA) is 79.8 Å². The van der Waals surface area contributed by atoms with Crippen LogP contribution >= 0.6 is 0 Å². The van der Waals surface area contributed by atoms with Gasteiger partial charge < -0.3 is 19.7 Å². The van der Waals surface area contributed by atoms with E-state index in [2.05, 4.69) is 26.3 Å². The zero-order chi connectivity index (χ0) is 19.5. The first-order valence-corrected chi connectivity index (χ1v) is 9.57. The number of hydrogen-bond donors (Lipinski definition) is 1. The van der Waals surface area contributed by atoms with Crippen molar-refractivity contribution in [1.82, 2.24) is 19.8 Å². The van der Waals surface area contributed by atoms with Gasteiger partial charge in [-0.15, -0.1) is 0 Å². The third-order valence-corrected chi connectivity index (χ3v) is 4.83. The van der Waals surface area contributed by atoms with E-state index in [0.717, 1.165) is 31.1 Å². The highest BCUT2D eigenvalue weighted by molar-refractivity contribution is 5.93. The Hall–Kier alpha value is -2.87. The summed E-state index contributed by atoms with van der Waals surface area (Å²) in [5.41, 5.74) is 1.62. The van der Waals surface area contributed by atoms with Crippen LogP contribution in [0.25, 0.3) is 0 Å². The number of carbonyl (C=O) groups excluding carboxylic acids is 1. The highest BCUT2D eigenvalue weighted by Gasteiger charge is 2.24. The maximum absolute atomic E-state index is 12.8. The molecule has 1 N–H and O–H groups in total. The van der Waals surface area contributed by atoms with Crippen LogP contribution in [-0.4, -0.2) is 64.7 Å². The molecule has 2 aliphatic heterocycles. The molecule has 2 aromatic rings. The normalized spacial score (nSPS) is 16.5. The first-order chi connectivity index (χ1) is 13.6. The van der Waals surface area contributed by atoms with Gasteiger partial charge >= 0.3 is 0 Å². The summed E-state index contributed by atoms with van der Waals surface area (Å²) >= 11 is 0. The van der Waals surface area contributed by atoms with Crippen molar-refractivity contribution in [2.45, 2.75) is 26.4 Å². The van der Waals surface area contributed by atoms with Gasteiger partial charge in [0, 0.05) is 44.8 Å². The minimum Gasteiger partial charge on any atom is -0.454 e. The van der Waals surface area contributed by atoms with Gasteiger partial charge in [-0.1, -0.05) is 6.07 Å². The third-order valence-electron chi connectivity index (χ3n) is 4.83. The first kappa shape index (κ1) is 18.5. The number of rotatable bonds is 5. The summed E-state index contributed by atoms with van der Waals surface area (Å²) < 4.78 is 10.8. The molecule has 0 unspecified atom stereocenters. The predicted molar refractivity (Wildman–Crippen MR) is 105 cm³/mol. The Labute approximate surface area is 164 Å². The molecule has 148 valence electrons. The summed E-state index contributed by atoms with van der Waals surface area (Å²) in [4.78, 5) is 25.3. The van der Waals surface area contributed by atoms with Crippen molar-refractivity contribution in [2.24, 2.45) is 0 Å². The molecule has 0 saturated carbocycles. The average molecular weight is 383 g/mol. The van der Waals surface area contributed by atoms with Crippen LogP contribution in [0.4, 0.5) is 5.82 Å². The lowest BCUT2D eigenvalue weighted by atomic mass is 10.1. The second-order valence-corrected chi connectivity index (χ2v) is 7.34. The number of piperazine rings is 1. The SMILES string of the molecule is CC(C)Nc1cc(C(=O)N2CCN(Cc3ccc4c(c3)OCO4)CC2)ncn1. The average Bonchev–Trinajstić information content (AvgIpc) is 3.15. The molecule has 0 spiro atoms. The smallest absolute Gasteiger partial charge is 0.272 e. The quantitative estimate of drug-likeness (QED) is 0.846. The Morgan fingerprint density at radius 2 is 1.89 bits per heavy atom. The van der Waals surface area contributed by atoms with Crippen LogP contribution in [-0.2, 0) is 6.54 Å². The maximum Gasteiger partial charge on any atom is 0.272 e. The van der Waals surface area contributed by atoms with Gasteiger partial charge in [-0.05, 0) is 31.5 Å². The zero-order valence-corrected chi connectivity index (χ0v) is 16.2. The van der Waals surface area contributed by atoms with Crippen molar-refractivity contribution in [3.63, 3.8) is 0 Å². The number of amides is 1. The molecule has 1 aromatic heterocycles. The molecule has 8 heteroatoms. The summed E-state index contributed by atoms with van der Waals surface area (Å²) in [5, 5.41) is 3.21. The number of hydrogen-bond acceptors (Lipinski definition) is 7. The van der Waals surface area contributed by atoms with Gasteiger partial charge in [0.05, 0.1) is 0 Å². The second kappa shape index (κ2) is 8.02. The van der Waals surface area contributed by atoms with Gasteiger partial charge in [-0.3, -0.25) is 9.69 Å². The summed E-state index contributed by atoms with van der Waals surface area (Å²) in [7, 11) is 0. The fourth-order valence-electron chi connectivity index (χ4n) is 3.42. The van der Waals surface area contributed by atoms with E-state index < -0.39 is 0 Å². The molecule has 1 amide bonds. The number of ether oxygens (including phenoxy) is 2. The fourth-order valence-corrected chi connectivity index (χ4v) is 3.42. The minimum absolute atomic E-state index is 0.0445. The summed E-state index contributed by atoms with van der Waals surface area (Å²) in [6, 6.07) is 8.02. The standard InChI is InChI=1S/C20H25N5O3/c1-14(2)23-19-10-16(21-12-22-19)20(26)25-7-5-24(6-8-25)11-15-3-4-17-18(9-15)28-13-27-17/h3-4,9-10,12,14H,5-8,11,13H2,1-2H3,(H,21,22,23). The van der Waals surface area contributed by atoms with Crippen LogP contribution in [0.3, 0.4) is 0 Å². The van der Waals surface area contributed by atoms with E-state index in [0.29, 0.717) is 24.6 Å². The van der Waals surface area contributed by atoms with Crippen LogP contribution in [0.2, 0.25) is 0 Å². The van der Waals surface area contributed by atoms with Crippen LogP contribution in [0.1, 0.15) is 29.9 Å². The lowest BCUT2D eigenvalue weighted by molar-refractivity contribution is 0.0622. The van der Waals surface area contributed by atoms with E-state index in [9.17, 15) is 4.79 Å². The highest BCUT2D eigenvalue weighted by atomic mass is 16.7. The largest absolute Gasteiger partial charge is 0.454 e. The highest BCUT2D eigenvalue weighted by Crippen LogP contribution is 2.32. The molecule has 2 aliphatic rings. The Morgan fingerprint density at radius 1 is 1.11 bits per heavy atom. The van der Waals surface area contributed by atoms with Crippen LogP contribution < -0.4 is 14.8 Å². The van der Waals surface area contributed by atoms with Gasteiger partial charge in [0.2, 0.25) is 6.79 Å². The molecule has 28 heavy (non-hydrogen) atoms. The monoisotopic (exact) mass is 383 g/mol. The van der Waals surface area contributed by atoms with Crippen molar-refractivity contribution in [3.05, 3.63) is 41.9 Å². The van der Waals surface area contributed by atoms with E-state index in [1.165, 1.54) is 11.9 Å². The van der Waals surface area contributed by atoms with Crippen molar-refractivity contribution < 1.29 is 14.3 Å². The van der Waals surface area contributed by atoms with Crippen molar-refractivity contribution in [3.8, 4) is 11.5 Å². The molecule has 1 aromatic carbocycles. The summed E-state index contributed by atoms with van der Waals surface area (Å²) in [6.45, 7) is 8.18. The van der Waals surface area contributed by atoms with E-state index in [1.54, 1.807) is 6.07 Å². The fraction of sp³-hybridized carbons (Fsp3) is 0.450. The van der Waals surface area contributed by atoms with E-state index >= 15 is 0 Å². The Bertz CT molecular complexity index is 849. The van der Waals surface area contributed by atoms with Crippen molar-refractivity contribution in [1.29, 1.82) is 0 Å². The molecule has 0 aliphatic carbocycles. The molecule has 8 nitrogen and oxygen atoms in total. The molecule has 3 heterocycles. The second-order valence-electron chi connectivity index (χ2n) is 7.34. The number of fused-ring (bicyclic) bond motifs is 1. The van der Waals surface area contributed by atoms with E-state index in [1.807, 2.05) is 30.9 Å². The number of nitrogens with zero attached hydrogens (tertiary/aromatic N) is 4. The summed E-state index contributed by atoms with van der Waals surface area (Å²) in [6.07, 6.45) is 1.44. The Kier molecular flexibility index (Phi) is 5.29. The first-order valence-electron chi connectivity index (χ1n) is 9.57. The molecule has 0 radical (unpaired) electrons. The minimum atomic E-state index is -0.0445.